The predicted octanol–water partition coefficient (Wildman–Crippen LogP) is 2.91. The fraction of sp³-hybridized carbons (Fsp3) is 1.00. The predicted molar refractivity (Wildman–Crippen MR) is 56.8 cm³/mol. The third-order valence-corrected chi connectivity index (χ3v) is 4.15. The van der Waals surface area contributed by atoms with Gasteiger partial charge in [0.15, 0.2) is 0 Å². The van der Waals surface area contributed by atoms with Gasteiger partial charge in [-0.3, -0.25) is 0 Å². The summed E-state index contributed by atoms with van der Waals surface area (Å²) in [6.07, 6.45) is 7.41. The molecule has 0 aromatic heterocycles. The lowest BCUT2D eigenvalue weighted by Crippen LogP contribution is -2.50. The summed E-state index contributed by atoms with van der Waals surface area (Å²) in [7, 11) is 0. The Labute approximate surface area is 82.5 Å². The molecule has 76 valence electrons. The van der Waals surface area contributed by atoms with Crippen LogP contribution in [0.15, 0.2) is 0 Å². The van der Waals surface area contributed by atoms with Crippen LogP contribution in [-0.4, -0.2) is 24.0 Å². The van der Waals surface area contributed by atoms with Crippen molar-refractivity contribution in [2.45, 2.75) is 52.0 Å². The molecule has 0 N–H and O–H groups in total. The summed E-state index contributed by atoms with van der Waals surface area (Å²) in [4.78, 5) is 2.73. The molecule has 1 heterocycles. The van der Waals surface area contributed by atoms with Crippen LogP contribution in [0.3, 0.4) is 0 Å². The minimum Gasteiger partial charge on any atom is -0.300 e. The van der Waals surface area contributed by atoms with Gasteiger partial charge >= 0.3 is 0 Å². The van der Waals surface area contributed by atoms with Crippen molar-refractivity contribution >= 4 is 0 Å². The Hall–Kier alpha value is -0.0400. The molecule has 0 aromatic carbocycles. The quantitative estimate of drug-likeness (QED) is 0.601. The van der Waals surface area contributed by atoms with Crippen LogP contribution >= 0.6 is 0 Å². The van der Waals surface area contributed by atoms with E-state index in [1.165, 1.54) is 45.2 Å². The van der Waals surface area contributed by atoms with E-state index in [4.69, 9.17) is 0 Å². The van der Waals surface area contributed by atoms with Crippen molar-refractivity contribution in [1.29, 1.82) is 0 Å². The molecule has 1 aliphatic carbocycles. The van der Waals surface area contributed by atoms with Gasteiger partial charge in [-0.25, -0.2) is 0 Å². The first kappa shape index (κ1) is 9.51. The molecular weight excluding hydrogens is 158 g/mol. The zero-order chi connectivity index (χ0) is 9.26. The minimum atomic E-state index is 0.937. The van der Waals surface area contributed by atoms with E-state index in [0.717, 1.165) is 17.9 Å². The molecule has 2 aliphatic rings. The summed E-state index contributed by atoms with van der Waals surface area (Å²) in [5.41, 5.74) is 0. The van der Waals surface area contributed by atoms with Crippen molar-refractivity contribution in [3.8, 4) is 0 Å². The molecule has 13 heavy (non-hydrogen) atoms. The molecule has 0 spiro atoms. The average Bonchev–Trinajstić information content (AvgIpc) is 2.17. The minimum absolute atomic E-state index is 0.937. The molecule has 1 heteroatoms. The van der Waals surface area contributed by atoms with E-state index in [9.17, 15) is 0 Å². The van der Waals surface area contributed by atoms with E-state index in [0.29, 0.717) is 0 Å². The molecule has 0 unspecified atom stereocenters. The van der Waals surface area contributed by atoms with E-state index in [-0.39, 0.29) is 0 Å². The van der Waals surface area contributed by atoms with Gasteiger partial charge in [-0.05, 0) is 50.6 Å². The van der Waals surface area contributed by atoms with Crippen LogP contribution in [0.1, 0.15) is 46.0 Å². The first-order valence-electron chi connectivity index (χ1n) is 6.07. The van der Waals surface area contributed by atoms with Crippen LogP contribution in [0, 0.1) is 11.8 Å². The van der Waals surface area contributed by atoms with E-state index in [1.807, 2.05) is 0 Å². The molecule has 0 aromatic rings. The van der Waals surface area contributed by atoms with E-state index in [2.05, 4.69) is 18.7 Å². The highest BCUT2D eigenvalue weighted by atomic mass is 15.2. The van der Waals surface area contributed by atoms with Crippen LogP contribution in [0.5, 0.6) is 0 Å². The lowest BCUT2D eigenvalue weighted by atomic mass is 9.73. The first-order chi connectivity index (χ1) is 6.33. The largest absolute Gasteiger partial charge is 0.300 e. The van der Waals surface area contributed by atoms with Gasteiger partial charge in [0, 0.05) is 6.04 Å². The summed E-state index contributed by atoms with van der Waals surface area (Å²) < 4.78 is 0. The zero-order valence-electron chi connectivity index (χ0n) is 9.13. The lowest BCUT2D eigenvalue weighted by molar-refractivity contribution is 0.0292. The second kappa shape index (κ2) is 4.00. The number of fused-ring (bicyclic) bond motifs is 1. The molecule has 3 atom stereocenters. The molecular formula is C12H23N. The van der Waals surface area contributed by atoms with Gasteiger partial charge in [0.2, 0.25) is 0 Å². The molecule has 0 radical (unpaired) electrons. The third kappa shape index (κ3) is 1.76. The summed E-state index contributed by atoms with van der Waals surface area (Å²) in [5.74, 6) is 2.00. The van der Waals surface area contributed by atoms with Gasteiger partial charge in [-0.2, -0.15) is 0 Å². The highest BCUT2D eigenvalue weighted by Crippen LogP contribution is 2.38. The summed E-state index contributed by atoms with van der Waals surface area (Å²) >= 11 is 0. The fourth-order valence-corrected chi connectivity index (χ4v) is 3.56. The highest BCUT2D eigenvalue weighted by molar-refractivity contribution is 4.90. The van der Waals surface area contributed by atoms with Crippen LogP contribution in [0.25, 0.3) is 0 Å². The number of likely N-dealkylation sites (tertiary alicyclic amines) is 1. The Morgan fingerprint density at radius 1 is 1.15 bits per heavy atom. The van der Waals surface area contributed by atoms with E-state index < -0.39 is 0 Å². The molecule has 1 saturated carbocycles. The van der Waals surface area contributed by atoms with Crippen molar-refractivity contribution in [1.82, 2.24) is 4.90 Å². The molecule has 0 bridgehead atoms. The molecule has 2 rings (SSSR count). The second-order valence-electron chi connectivity index (χ2n) is 4.93. The average molecular weight is 181 g/mol. The first-order valence-corrected chi connectivity index (χ1v) is 6.07. The summed E-state index contributed by atoms with van der Waals surface area (Å²) in [6, 6.07) is 0.937. The Bertz CT molecular complexity index is 158. The Kier molecular flexibility index (Phi) is 2.92. The van der Waals surface area contributed by atoms with Gasteiger partial charge in [0.25, 0.3) is 0 Å². The van der Waals surface area contributed by atoms with Crippen molar-refractivity contribution in [2.24, 2.45) is 11.8 Å². The van der Waals surface area contributed by atoms with Crippen LogP contribution < -0.4 is 0 Å². The third-order valence-electron chi connectivity index (χ3n) is 4.15. The number of nitrogens with zero attached hydrogens (tertiary/aromatic N) is 1. The van der Waals surface area contributed by atoms with Crippen molar-refractivity contribution in [3.05, 3.63) is 0 Å². The number of hydrogen-bond donors (Lipinski definition) is 0. The van der Waals surface area contributed by atoms with Crippen LogP contribution in [0.2, 0.25) is 0 Å². The number of rotatable bonds is 1. The Balaban J connectivity index is 2.07. The Morgan fingerprint density at radius 3 is 2.69 bits per heavy atom. The molecule has 1 saturated heterocycles. The lowest BCUT2D eigenvalue weighted by Gasteiger charge is -2.47. The summed E-state index contributed by atoms with van der Waals surface area (Å²) in [5, 5.41) is 0. The van der Waals surface area contributed by atoms with Gasteiger partial charge in [-0.1, -0.05) is 20.3 Å². The van der Waals surface area contributed by atoms with Crippen molar-refractivity contribution in [3.63, 3.8) is 0 Å². The maximum atomic E-state index is 2.73. The summed E-state index contributed by atoms with van der Waals surface area (Å²) in [6.45, 7) is 7.42. The van der Waals surface area contributed by atoms with Crippen LogP contribution in [-0.2, 0) is 0 Å². The van der Waals surface area contributed by atoms with E-state index in [1.54, 1.807) is 0 Å². The monoisotopic (exact) mass is 181 g/mol. The van der Waals surface area contributed by atoms with Crippen molar-refractivity contribution in [2.75, 3.05) is 13.1 Å². The highest BCUT2D eigenvalue weighted by Gasteiger charge is 2.36. The maximum Gasteiger partial charge on any atom is 0.0149 e. The number of piperidine rings is 1. The topological polar surface area (TPSA) is 3.24 Å². The van der Waals surface area contributed by atoms with E-state index >= 15 is 0 Å². The fourth-order valence-electron chi connectivity index (χ4n) is 3.56. The standard InChI is InChI=1S/C12H23N/c1-3-13-9-5-8-11-7-4-6-10(2)12(11)13/h10-12H,3-9H2,1-2H3/t10-,11-,12+/m1/s1. The smallest absolute Gasteiger partial charge is 0.0149 e. The van der Waals surface area contributed by atoms with Gasteiger partial charge in [0.05, 0.1) is 0 Å². The molecule has 1 nitrogen and oxygen atoms in total. The number of hydrogen-bond acceptors (Lipinski definition) is 1. The van der Waals surface area contributed by atoms with Gasteiger partial charge < -0.3 is 4.90 Å². The Morgan fingerprint density at radius 2 is 1.92 bits per heavy atom. The zero-order valence-corrected chi connectivity index (χ0v) is 9.13. The molecule has 2 fully saturated rings. The van der Waals surface area contributed by atoms with Crippen LogP contribution in [0.4, 0.5) is 0 Å². The van der Waals surface area contributed by atoms with Gasteiger partial charge in [0.1, 0.15) is 0 Å². The maximum absolute atomic E-state index is 2.73. The van der Waals surface area contributed by atoms with Crippen molar-refractivity contribution < 1.29 is 0 Å². The molecule has 0 amide bonds. The second-order valence-corrected chi connectivity index (χ2v) is 4.93. The van der Waals surface area contributed by atoms with Gasteiger partial charge in [-0.15, -0.1) is 0 Å². The normalized spacial score (nSPS) is 41.5. The SMILES string of the molecule is CCN1CCC[C@H]2CCC[C@@H](C)[C@@H]21. The molecule has 1 aliphatic heterocycles.